The molecule has 2 aliphatic heterocycles. The van der Waals surface area contributed by atoms with Crippen molar-refractivity contribution < 1.29 is 19.2 Å². The number of nitrogens with zero attached hydrogens (tertiary/aromatic N) is 3. The normalized spacial score (nSPS) is 24.0. The highest BCUT2D eigenvalue weighted by atomic mass is 16.2. The molecule has 1 atom stereocenters. The van der Waals surface area contributed by atoms with E-state index in [4.69, 9.17) is 0 Å². The van der Waals surface area contributed by atoms with Gasteiger partial charge in [0.2, 0.25) is 23.6 Å². The van der Waals surface area contributed by atoms with Crippen molar-refractivity contribution in [2.24, 2.45) is 0 Å². The zero-order valence-electron chi connectivity index (χ0n) is 11.6. The molecule has 8 nitrogen and oxygen atoms in total. The molecule has 0 spiro atoms. The Morgan fingerprint density at radius 1 is 1.00 bits per heavy atom. The lowest BCUT2D eigenvalue weighted by atomic mass is 10.2. The summed E-state index contributed by atoms with van der Waals surface area (Å²) in [5.74, 6) is -1.11. The standard InChI is InChI=1S/C12H18N4O4/c1-8(3-15-4-9(17)13-10(18)5-15)16-6-11(19)14(2)12(20)7-16/h8H,3-7H2,1-2H3,(H,13,17,18)/t8-/m0/s1. The van der Waals surface area contributed by atoms with Crippen molar-refractivity contribution in [2.45, 2.75) is 13.0 Å². The quantitative estimate of drug-likeness (QED) is 0.582. The number of hydrogen-bond donors (Lipinski definition) is 1. The highest BCUT2D eigenvalue weighted by Gasteiger charge is 2.32. The molecule has 0 saturated carbocycles. The summed E-state index contributed by atoms with van der Waals surface area (Å²) >= 11 is 0. The molecule has 2 aliphatic rings. The van der Waals surface area contributed by atoms with Gasteiger partial charge in [-0.3, -0.25) is 39.2 Å². The molecule has 1 N–H and O–H groups in total. The van der Waals surface area contributed by atoms with Gasteiger partial charge >= 0.3 is 0 Å². The van der Waals surface area contributed by atoms with Gasteiger partial charge in [0.1, 0.15) is 0 Å². The van der Waals surface area contributed by atoms with Crippen LogP contribution in [0.4, 0.5) is 0 Å². The molecule has 0 bridgehead atoms. The van der Waals surface area contributed by atoms with Crippen molar-refractivity contribution in [3.05, 3.63) is 0 Å². The molecule has 0 aliphatic carbocycles. The summed E-state index contributed by atoms with van der Waals surface area (Å²) in [6, 6.07) is -0.0877. The van der Waals surface area contributed by atoms with Crippen molar-refractivity contribution in [2.75, 3.05) is 39.8 Å². The van der Waals surface area contributed by atoms with E-state index < -0.39 is 0 Å². The molecule has 110 valence electrons. The summed E-state index contributed by atoms with van der Waals surface area (Å²) in [7, 11) is 1.47. The van der Waals surface area contributed by atoms with Crippen LogP contribution < -0.4 is 5.32 Å². The number of piperazine rings is 2. The highest BCUT2D eigenvalue weighted by Crippen LogP contribution is 2.09. The molecule has 20 heavy (non-hydrogen) atoms. The topological polar surface area (TPSA) is 90.0 Å². The van der Waals surface area contributed by atoms with E-state index in [9.17, 15) is 19.2 Å². The third-order valence-electron chi connectivity index (χ3n) is 3.58. The van der Waals surface area contributed by atoms with Crippen molar-refractivity contribution in [3.63, 3.8) is 0 Å². The number of carbonyl (C=O) groups excluding carboxylic acids is 4. The van der Waals surface area contributed by atoms with Crippen LogP contribution in [0.5, 0.6) is 0 Å². The number of nitrogens with one attached hydrogen (secondary N) is 1. The van der Waals surface area contributed by atoms with Crippen molar-refractivity contribution in [1.29, 1.82) is 0 Å². The molecular formula is C12H18N4O4. The number of amides is 4. The Balaban J connectivity index is 1.93. The van der Waals surface area contributed by atoms with Crippen LogP contribution in [-0.2, 0) is 19.2 Å². The van der Waals surface area contributed by atoms with Gasteiger partial charge in [0.15, 0.2) is 0 Å². The lowest BCUT2D eigenvalue weighted by Crippen LogP contribution is -2.58. The molecule has 0 unspecified atom stereocenters. The second kappa shape index (κ2) is 5.68. The van der Waals surface area contributed by atoms with E-state index in [1.807, 2.05) is 6.92 Å². The lowest BCUT2D eigenvalue weighted by molar-refractivity contribution is -0.151. The minimum absolute atomic E-state index is 0.0877. The Kier molecular flexibility index (Phi) is 4.15. The molecular weight excluding hydrogens is 264 g/mol. The second-order valence-electron chi connectivity index (χ2n) is 5.24. The predicted octanol–water partition coefficient (Wildman–Crippen LogP) is -2.37. The smallest absolute Gasteiger partial charge is 0.243 e. The van der Waals surface area contributed by atoms with Crippen LogP contribution in [-0.4, -0.2) is 84.1 Å². The first-order valence-corrected chi connectivity index (χ1v) is 6.45. The molecule has 2 saturated heterocycles. The summed E-state index contributed by atoms with van der Waals surface area (Å²) < 4.78 is 0. The summed E-state index contributed by atoms with van der Waals surface area (Å²) in [6.07, 6.45) is 0. The summed E-state index contributed by atoms with van der Waals surface area (Å²) in [5, 5.41) is 2.23. The Morgan fingerprint density at radius 2 is 1.50 bits per heavy atom. The van der Waals surface area contributed by atoms with Crippen LogP contribution in [0.3, 0.4) is 0 Å². The minimum Gasteiger partial charge on any atom is -0.294 e. The molecule has 8 heteroatoms. The van der Waals surface area contributed by atoms with E-state index >= 15 is 0 Å². The van der Waals surface area contributed by atoms with E-state index in [0.29, 0.717) is 6.54 Å². The fourth-order valence-electron chi connectivity index (χ4n) is 2.38. The van der Waals surface area contributed by atoms with Crippen LogP contribution in [0.2, 0.25) is 0 Å². The minimum atomic E-state index is -0.320. The van der Waals surface area contributed by atoms with Gasteiger partial charge in [0, 0.05) is 19.6 Å². The van der Waals surface area contributed by atoms with E-state index in [-0.39, 0.29) is 55.8 Å². The maximum absolute atomic E-state index is 11.6. The van der Waals surface area contributed by atoms with Crippen LogP contribution in [0.1, 0.15) is 6.92 Å². The second-order valence-corrected chi connectivity index (χ2v) is 5.24. The number of rotatable bonds is 3. The van der Waals surface area contributed by atoms with Gasteiger partial charge in [-0.15, -0.1) is 0 Å². The molecule has 0 aromatic rings. The van der Waals surface area contributed by atoms with E-state index in [1.54, 1.807) is 9.80 Å². The van der Waals surface area contributed by atoms with E-state index in [1.165, 1.54) is 7.05 Å². The van der Waals surface area contributed by atoms with Gasteiger partial charge in [-0.05, 0) is 6.92 Å². The average molecular weight is 282 g/mol. The summed E-state index contributed by atoms with van der Waals surface area (Å²) in [4.78, 5) is 50.5. The first-order chi connectivity index (χ1) is 9.36. The molecule has 0 aromatic heterocycles. The molecule has 2 rings (SSSR count). The zero-order chi connectivity index (χ0) is 14.9. The van der Waals surface area contributed by atoms with Crippen molar-refractivity contribution >= 4 is 23.6 Å². The maximum atomic E-state index is 11.6. The average Bonchev–Trinajstić information content (AvgIpc) is 2.33. The van der Waals surface area contributed by atoms with Crippen molar-refractivity contribution in [3.8, 4) is 0 Å². The number of imide groups is 2. The summed E-state index contributed by atoms with van der Waals surface area (Å²) in [5.41, 5.74) is 0. The van der Waals surface area contributed by atoms with Gasteiger partial charge < -0.3 is 0 Å². The third-order valence-corrected chi connectivity index (χ3v) is 3.58. The van der Waals surface area contributed by atoms with Gasteiger partial charge in [-0.2, -0.15) is 0 Å². The Bertz CT molecular complexity index is 430. The van der Waals surface area contributed by atoms with E-state index in [0.717, 1.165) is 4.90 Å². The van der Waals surface area contributed by atoms with Crippen LogP contribution in [0.15, 0.2) is 0 Å². The monoisotopic (exact) mass is 282 g/mol. The van der Waals surface area contributed by atoms with Gasteiger partial charge in [0.05, 0.1) is 26.2 Å². The number of carbonyl (C=O) groups is 4. The molecule has 2 heterocycles. The van der Waals surface area contributed by atoms with Crippen LogP contribution in [0, 0.1) is 0 Å². The molecule has 4 amide bonds. The number of hydrogen-bond acceptors (Lipinski definition) is 6. The fourth-order valence-corrected chi connectivity index (χ4v) is 2.38. The Labute approximate surface area is 116 Å². The Morgan fingerprint density at radius 3 is 2.00 bits per heavy atom. The Hall–Kier alpha value is -1.80. The third kappa shape index (κ3) is 3.20. The maximum Gasteiger partial charge on any atom is 0.243 e. The van der Waals surface area contributed by atoms with Gasteiger partial charge in [-0.1, -0.05) is 0 Å². The molecule has 2 fully saturated rings. The SMILES string of the molecule is C[C@@H](CN1CC(=O)NC(=O)C1)N1CC(=O)N(C)C(=O)C1. The first-order valence-electron chi connectivity index (χ1n) is 6.45. The van der Waals surface area contributed by atoms with Crippen LogP contribution >= 0.6 is 0 Å². The van der Waals surface area contributed by atoms with E-state index in [2.05, 4.69) is 5.32 Å². The zero-order valence-corrected chi connectivity index (χ0v) is 11.6. The predicted molar refractivity (Wildman–Crippen MR) is 68.4 cm³/mol. The largest absolute Gasteiger partial charge is 0.294 e. The molecule has 0 radical (unpaired) electrons. The summed E-state index contributed by atoms with van der Waals surface area (Å²) in [6.45, 7) is 3.01. The van der Waals surface area contributed by atoms with Crippen molar-refractivity contribution in [1.82, 2.24) is 20.0 Å². The van der Waals surface area contributed by atoms with Gasteiger partial charge in [-0.25, -0.2) is 0 Å². The van der Waals surface area contributed by atoms with Crippen LogP contribution in [0.25, 0.3) is 0 Å². The number of likely N-dealkylation sites (N-methyl/N-ethyl adjacent to an activating group) is 1. The first kappa shape index (κ1) is 14.6. The highest BCUT2D eigenvalue weighted by molar-refractivity contribution is 5.99. The molecule has 0 aromatic carbocycles. The fraction of sp³-hybridized carbons (Fsp3) is 0.667. The van der Waals surface area contributed by atoms with Gasteiger partial charge in [0.25, 0.3) is 0 Å². The lowest BCUT2D eigenvalue weighted by Gasteiger charge is -2.37.